The molecule has 0 aliphatic rings. The van der Waals surface area contributed by atoms with Crippen molar-refractivity contribution in [2.45, 2.75) is 19.6 Å². The van der Waals surface area contributed by atoms with Gasteiger partial charge in [-0.25, -0.2) is 0 Å². The Morgan fingerprint density at radius 2 is 2.00 bits per heavy atom. The second-order valence-corrected chi connectivity index (χ2v) is 4.29. The molecule has 0 unspecified atom stereocenters. The van der Waals surface area contributed by atoms with Crippen LogP contribution in [0, 0.1) is 0 Å². The summed E-state index contributed by atoms with van der Waals surface area (Å²) in [5.41, 5.74) is 1.14. The molecular formula is C16H19NO2. The second kappa shape index (κ2) is 6.81. The van der Waals surface area contributed by atoms with Crippen molar-refractivity contribution < 1.29 is 9.15 Å². The maximum Gasteiger partial charge on any atom is 0.146 e. The third-order valence-corrected chi connectivity index (χ3v) is 2.78. The lowest BCUT2D eigenvalue weighted by Gasteiger charge is -2.08. The van der Waals surface area contributed by atoms with Gasteiger partial charge >= 0.3 is 0 Å². The molecule has 1 aromatic carbocycles. The number of hydrogen-bond donors (Lipinski definition) is 1. The quantitative estimate of drug-likeness (QED) is 0.773. The first kappa shape index (κ1) is 13.4. The van der Waals surface area contributed by atoms with Crippen molar-refractivity contribution in [3.8, 4) is 5.75 Å². The molecular weight excluding hydrogens is 238 g/mol. The molecule has 1 N–H and O–H groups in total. The van der Waals surface area contributed by atoms with E-state index in [9.17, 15) is 0 Å². The Hall–Kier alpha value is -2.00. The zero-order valence-electron chi connectivity index (χ0n) is 11.2. The van der Waals surface area contributed by atoms with Crippen molar-refractivity contribution in [1.82, 2.24) is 5.32 Å². The van der Waals surface area contributed by atoms with Crippen LogP contribution < -0.4 is 10.1 Å². The highest BCUT2D eigenvalue weighted by Crippen LogP contribution is 2.20. The van der Waals surface area contributed by atoms with Crippen LogP contribution in [0.2, 0.25) is 0 Å². The van der Waals surface area contributed by atoms with Crippen LogP contribution in [0.15, 0.2) is 53.5 Å². The second-order valence-electron chi connectivity index (χ2n) is 4.29. The summed E-state index contributed by atoms with van der Waals surface area (Å²) in [5.74, 6) is 2.63. The number of allylic oxidation sites excluding steroid dienone is 1. The Kier molecular flexibility index (Phi) is 4.81. The molecule has 0 aliphatic heterocycles. The Balaban J connectivity index is 1.99. The fraction of sp³-hybridized carbons (Fsp3) is 0.250. The van der Waals surface area contributed by atoms with Gasteiger partial charge in [0.2, 0.25) is 0 Å². The van der Waals surface area contributed by atoms with Crippen molar-refractivity contribution in [2.24, 2.45) is 0 Å². The van der Waals surface area contributed by atoms with E-state index < -0.39 is 0 Å². The Labute approximate surface area is 113 Å². The number of benzene rings is 1. The van der Waals surface area contributed by atoms with Crippen LogP contribution >= 0.6 is 0 Å². The fourth-order valence-corrected chi connectivity index (χ4v) is 1.89. The largest absolute Gasteiger partial charge is 0.485 e. The summed E-state index contributed by atoms with van der Waals surface area (Å²) in [6.07, 6.45) is 2.68. The van der Waals surface area contributed by atoms with E-state index in [0.717, 1.165) is 35.8 Å². The van der Waals surface area contributed by atoms with Gasteiger partial charge in [0.15, 0.2) is 0 Å². The first-order chi connectivity index (χ1) is 9.33. The lowest BCUT2D eigenvalue weighted by atomic mass is 10.1. The van der Waals surface area contributed by atoms with Gasteiger partial charge in [0.05, 0.1) is 6.54 Å². The molecule has 3 nitrogen and oxygen atoms in total. The standard InChI is InChI=1S/C16H19NO2/c1-3-6-13-7-4-5-8-16(13)18-12-15-10-9-14(19-15)11-17-2/h3-5,7-10,17H,1,6,11-12H2,2H3. The molecule has 19 heavy (non-hydrogen) atoms. The molecule has 0 spiro atoms. The van der Waals surface area contributed by atoms with E-state index in [1.807, 2.05) is 49.5 Å². The highest BCUT2D eigenvalue weighted by molar-refractivity contribution is 5.34. The van der Waals surface area contributed by atoms with Gasteiger partial charge < -0.3 is 14.5 Å². The number of ether oxygens (including phenoxy) is 1. The molecule has 0 radical (unpaired) electrons. The summed E-state index contributed by atoms with van der Waals surface area (Å²) < 4.78 is 11.4. The molecule has 0 amide bonds. The summed E-state index contributed by atoms with van der Waals surface area (Å²) in [7, 11) is 1.89. The van der Waals surface area contributed by atoms with Crippen LogP contribution in [0.1, 0.15) is 17.1 Å². The Bertz CT molecular complexity index is 531. The third-order valence-electron chi connectivity index (χ3n) is 2.78. The van der Waals surface area contributed by atoms with E-state index in [-0.39, 0.29) is 0 Å². The van der Waals surface area contributed by atoms with Crippen molar-refractivity contribution in [3.63, 3.8) is 0 Å². The van der Waals surface area contributed by atoms with E-state index in [4.69, 9.17) is 9.15 Å². The summed E-state index contributed by atoms with van der Waals surface area (Å²) in [6, 6.07) is 11.9. The number of hydrogen-bond acceptors (Lipinski definition) is 3. The van der Waals surface area contributed by atoms with E-state index in [1.165, 1.54) is 0 Å². The van der Waals surface area contributed by atoms with Crippen LogP contribution in [0.3, 0.4) is 0 Å². The Morgan fingerprint density at radius 3 is 2.79 bits per heavy atom. The minimum absolute atomic E-state index is 0.442. The summed E-state index contributed by atoms with van der Waals surface area (Å²) in [5, 5.41) is 3.05. The normalized spacial score (nSPS) is 10.4. The monoisotopic (exact) mass is 257 g/mol. The predicted octanol–water partition coefficient (Wildman–Crippen LogP) is 3.31. The lowest BCUT2D eigenvalue weighted by Crippen LogP contribution is -2.03. The average Bonchev–Trinajstić information content (AvgIpc) is 2.86. The molecule has 0 saturated carbocycles. The molecule has 0 bridgehead atoms. The highest BCUT2D eigenvalue weighted by Gasteiger charge is 2.05. The molecule has 100 valence electrons. The van der Waals surface area contributed by atoms with Gasteiger partial charge in [-0.3, -0.25) is 0 Å². The summed E-state index contributed by atoms with van der Waals surface area (Å²) in [4.78, 5) is 0. The van der Waals surface area contributed by atoms with Crippen LogP contribution in [-0.2, 0) is 19.6 Å². The topological polar surface area (TPSA) is 34.4 Å². The predicted molar refractivity (Wildman–Crippen MR) is 76.1 cm³/mol. The fourth-order valence-electron chi connectivity index (χ4n) is 1.89. The summed E-state index contributed by atoms with van der Waals surface area (Å²) in [6.45, 7) is 4.93. The number of nitrogens with one attached hydrogen (secondary N) is 1. The lowest BCUT2D eigenvalue weighted by molar-refractivity contribution is 0.263. The van der Waals surface area contributed by atoms with Gasteiger partial charge in [-0.1, -0.05) is 24.3 Å². The van der Waals surface area contributed by atoms with Gasteiger partial charge in [-0.2, -0.15) is 0 Å². The highest BCUT2D eigenvalue weighted by atomic mass is 16.5. The molecule has 0 atom stereocenters. The zero-order chi connectivity index (χ0) is 13.5. The Morgan fingerprint density at radius 1 is 1.21 bits per heavy atom. The van der Waals surface area contributed by atoms with E-state index >= 15 is 0 Å². The zero-order valence-corrected chi connectivity index (χ0v) is 11.2. The van der Waals surface area contributed by atoms with Gasteiger partial charge in [0, 0.05) is 0 Å². The van der Waals surface area contributed by atoms with Crippen molar-refractivity contribution in [1.29, 1.82) is 0 Å². The van der Waals surface area contributed by atoms with E-state index in [2.05, 4.69) is 11.9 Å². The number of furan rings is 1. The third kappa shape index (κ3) is 3.73. The maximum absolute atomic E-state index is 5.81. The average molecular weight is 257 g/mol. The first-order valence-electron chi connectivity index (χ1n) is 6.37. The molecule has 2 aromatic rings. The molecule has 0 saturated heterocycles. The van der Waals surface area contributed by atoms with Crippen LogP contribution in [0.25, 0.3) is 0 Å². The smallest absolute Gasteiger partial charge is 0.146 e. The van der Waals surface area contributed by atoms with Crippen LogP contribution in [0.5, 0.6) is 5.75 Å². The SMILES string of the molecule is C=CCc1ccccc1OCc1ccc(CNC)o1. The molecule has 0 aliphatic carbocycles. The van der Waals surface area contributed by atoms with E-state index in [0.29, 0.717) is 6.61 Å². The molecule has 3 heteroatoms. The number of para-hydroxylation sites is 1. The van der Waals surface area contributed by atoms with E-state index in [1.54, 1.807) is 0 Å². The van der Waals surface area contributed by atoms with Crippen molar-refractivity contribution >= 4 is 0 Å². The molecule has 1 aromatic heterocycles. The van der Waals surface area contributed by atoms with Crippen LogP contribution in [0.4, 0.5) is 0 Å². The maximum atomic E-state index is 5.81. The molecule has 1 heterocycles. The van der Waals surface area contributed by atoms with Gasteiger partial charge in [0.25, 0.3) is 0 Å². The first-order valence-corrected chi connectivity index (χ1v) is 6.37. The van der Waals surface area contributed by atoms with Crippen LogP contribution in [-0.4, -0.2) is 7.05 Å². The molecule has 0 fully saturated rings. The van der Waals surface area contributed by atoms with Crippen molar-refractivity contribution in [3.05, 3.63) is 66.1 Å². The van der Waals surface area contributed by atoms with Gasteiger partial charge in [-0.05, 0) is 37.2 Å². The summed E-state index contributed by atoms with van der Waals surface area (Å²) >= 11 is 0. The van der Waals surface area contributed by atoms with Crippen molar-refractivity contribution in [2.75, 3.05) is 7.05 Å². The van der Waals surface area contributed by atoms with Gasteiger partial charge in [-0.15, -0.1) is 6.58 Å². The van der Waals surface area contributed by atoms with Gasteiger partial charge in [0.1, 0.15) is 23.9 Å². The minimum Gasteiger partial charge on any atom is -0.485 e. The number of rotatable bonds is 7. The minimum atomic E-state index is 0.442. The molecule has 2 rings (SSSR count).